The van der Waals surface area contributed by atoms with Crippen molar-refractivity contribution in [2.75, 3.05) is 55.0 Å². The Balaban J connectivity index is 1.73. The molecule has 1 aromatic heterocycles. The lowest BCUT2D eigenvalue weighted by atomic mass is 10.1. The largest absolute Gasteiger partial charge is 0.491 e. The SMILES string of the molecule is NCCOc1cc(N2CCOCC2)ccc1C(=O)Nc1c(OC(=O)C(F)(F)F)cc(F)cc1C(=O)Nc1ccc(Cl)cn1. The van der Waals surface area contributed by atoms with Gasteiger partial charge in [-0.25, -0.2) is 14.2 Å². The maximum Gasteiger partial charge on any atom is 0.491 e. The van der Waals surface area contributed by atoms with Gasteiger partial charge < -0.3 is 35.5 Å². The summed E-state index contributed by atoms with van der Waals surface area (Å²) in [5.41, 5.74) is 4.76. The number of benzene rings is 2. The Morgan fingerprint density at radius 2 is 1.72 bits per heavy atom. The van der Waals surface area contributed by atoms with Gasteiger partial charge in [0.05, 0.1) is 35.1 Å². The van der Waals surface area contributed by atoms with Crippen LogP contribution < -0.4 is 30.7 Å². The van der Waals surface area contributed by atoms with E-state index in [1.165, 1.54) is 24.4 Å². The first-order valence-corrected chi connectivity index (χ1v) is 13.0. The first-order chi connectivity index (χ1) is 20.5. The number of ether oxygens (including phenoxy) is 3. The second-order valence-electron chi connectivity index (χ2n) is 8.90. The number of alkyl halides is 3. The number of anilines is 3. The number of morpholine rings is 1. The van der Waals surface area contributed by atoms with Crippen molar-refractivity contribution in [1.82, 2.24) is 4.98 Å². The third-order valence-electron chi connectivity index (χ3n) is 5.91. The van der Waals surface area contributed by atoms with Gasteiger partial charge in [-0.15, -0.1) is 0 Å². The van der Waals surface area contributed by atoms with Gasteiger partial charge in [-0.1, -0.05) is 11.6 Å². The molecule has 4 rings (SSSR count). The van der Waals surface area contributed by atoms with Crippen molar-refractivity contribution in [2.24, 2.45) is 5.73 Å². The molecular weight excluding hydrogens is 602 g/mol. The fourth-order valence-corrected chi connectivity index (χ4v) is 4.06. The summed E-state index contributed by atoms with van der Waals surface area (Å²) in [5, 5.41) is 4.83. The van der Waals surface area contributed by atoms with E-state index >= 15 is 0 Å². The van der Waals surface area contributed by atoms with Crippen LogP contribution >= 0.6 is 11.6 Å². The third kappa shape index (κ3) is 8.09. The molecule has 0 unspecified atom stereocenters. The molecule has 0 spiro atoms. The summed E-state index contributed by atoms with van der Waals surface area (Å²) in [6.07, 6.45) is -4.27. The van der Waals surface area contributed by atoms with Crippen molar-refractivity contribution >= 4 is 46.6 Å². The molecular formula is C27H24ClF4N5O6. The molecule has 2 heterocycles. The van der Waals surface area contributed by atoms with Crippen molar-refractivity contribution in [3.63, 3.8) is 0 Å². The highest BCUT2D eigenvalue weighted by molar-refractivity contribution is 6.30. The van der Waals surface area contributed by atoms with Crippen molar-refractivity contribution in [3.05, 3.63) is 70.6 Å². The number of amides is 2. The average Bonchev–Trinajstić information content (AvgIpc) is 2.98. The molecule has 4 N–H and O–H groups in total. The Bertz CT molecular complexity index is 1500. The Morgan fingerprint density at radius 1 is 1.00 bits per heavy atom. The van der Waals surface area contributed by atoms with Crippen LogP contribution in [-0.4, -0.2) is 68.4 Å². The van der Waals surface area contributed by atoms with Crippen LogP contribution in [0.2, 0.25) is 5.02 Å². The average molecular weight is 626 g/mol. The number of aromatic nitrogens is 1. The summed E-state index contributed by atoms with van der Waals surface area (Å²) in [6, 6.07) is 8.34. The molecule has 228 valence electrons. The highest BCUT2D eigenvalue weighted by atomic mass is 35.5. The number of esters is 1. The summed E-state index contributed by atoms with van der Waals surface area (Å²) in [5.74, 6) is -7.08. The number of rotatable bonds is 9. The highest BCUT2D eigenvalue weighted by Gasteiger charge is 2.42. The maximum absolute atomic E-state index is 14.5. The molecule has 2 amide bonds. The predicted molar refractivity (Wildman–Crippen MR) is 147 cm³/mol. The van der Waals surface area contributed by atoms with Crippen LogP contribution in [0.4, 0.5) is 34.8 Å². The molecule has 3 aromatic rings. The molecule has 0 bridgehead atoms. The molecule has 2 aromatic carbocycles. The minimum atomic E-state index is -5.47. The number of hydrogen-bond acceptors (Lipinski definition) is 9. The number of hydrogen-bond donors (Lipinski definition) is 3. The molecule has 1 aliphatic heterocycles. The van der Waals surface area contributed by atoms with Crippen LogP contribution in [0.15, 0.2) is 48.7 Å². The Labute approximate surface area is 246 Å². The lowest BCUT2D eigenvalue weighted by Crippen LogP contribution is -2.36. The molecule has 11 nitrogen and oxygen atoms in total. The van der Waals surface area contributed by atoms with Crippen LogP contribution in [0.25, 0.3) is 0 Å². The molecule has 0 aliphatic carbocycles. The van der Waals surface area contributed by atoms with Crippen molar-refractivity contribution in [2.45, 2.75) is 6.18 Å². The Morgan fingerprint density at radius 3 is 2.37 bits per heavy atom. The number of nitrogens with two attached hydrogens (primary N) is 1. The number of nitrogens with zero attached hydrogens (tertiary/aromatic N) is 2. The van der Waals surface area contributed by atoms with Gasteiger partial charge in [-0.2, -0.15) is 13.2 Å². The number of carbonyl (C=O) groups is 3. The zero-order valence-electron chi connectivity index (χ0n) is 22.2. The minimum Gasteiger partial charge on any atom is -0.491 e. The fourth-order valence-electron chi connectivity index (χ4n) is 3.95. The Kier molecular flexibility index (Phi) is 10.0. The standard InChI is InChI=1S/C27H24ClF4N5O6/c28-15-1-4-22(34-14-15)35-25(39)19-11-16(29)12-21(43-26(40)27(30,31)32)23(19)36-24(38)18-3-2-17(13-20(18)42-8-5-33)37-6-9-41-10-7-37/h1-4,11-14H,5-10,33H2,(H,36,38)(H,34,35,39). The summed E-state index contributed by atoms with van der Waals surface area (Å²) < 4.78 is 69.1. The highest BCUT2D eigenvalue weighted by Crippen LogP contribution is 2.35. The van der Waals surface area contributed by atoms with Gasteiger partial charge in [0.25, 0.3) is 11.8 Å². The molecule has 16 heteroatoms. The number of halogens is 5. The van der Waals surface area contributed by atoms with Crippen LogP contribution in [0, 0.1) is 5.82 Å². The lowest BCUT2D eigenvalue weighted by Gasteiger charge is -2.29. The van der Waals surface area contributed by atoms with Gasteiger partial charge in [-0.05, 0) is 30.3 Å². The van der Waals surface area contributed by atoms with Crippen molar-refractivity contribution in [3.8, 4) is 11.5 Å². The first kappa shape index (κ1) is 31.5. The Hall–Kier alpha value is -4.47. The first-order valence-electron chi connectivity index (χ1n) is 12.6. The van der Waals surface area contributed by atoms with E-state index in [9.17, 15) is 31.9 Å². The van der Waals surface area contributed by atoms with Crippen LogP contribution in [-0.2, 0) is 9.53 Å². The molecule has 0 radical (unpaired) electrons. The van der Waals surface area contributed by atoms with E-state index in [0.29, 0.717) is 44.1 Å². The van der Waals surface area contributed by atoms with E-state index in [-0.39, 0.29) is 35.3 Å². The van der Waals surface area contributed by atoms with Gasteiger partial charge in [0.2, 0.25) is 0 Å². The quantitative estimate of drug-likeness (QED) is 0.182. The van der Waals surface area contributed by atoms with E-state index < -0.39 is 46.8 Å². The van der Waals surface area contributed by atoms with Crippen LogP contribution in [0.1, 0.15) is 20.7 Å². The minimum absolute atomic E-state index is 0.0135. The van der Waals surface area contributed by atoms with Crippen LogP contribution in [0.3, 0.4) is 0 Å². The topological polar surface area (TPSA) is 145 Å². The van der Waals surface area contributed by atoms with E-state index in [4.69, 9.17) is 26.8 Å². The number of carbonyl (C=O) groups excluding carboxylic acids is 3. The van der Waals surface area contributed by atoms with E-state index in [1.807, 2.05) is 4.90 Å². The zero-order valence-corrected chi connectivity index (χ0v) is 22.9. The summed E-state index contributed by atoms with van der Waals surface area (Å²) in [7, 11) is 0. The third-order valence-corrected chi connectivity index (χ3v) is 6.14. The van der Waals surface area contributed by atoms with Crippen LogP contribution in [0.5, 0.6) is 11.5 Å². The predicted octanol–water partition coefficient (Wildman–Crippen LogP) is 4.02. The maximum atomic E-state index is 14.5. The number of nitrogens with one attached hydrogen (secondary N) is 2. The molecule has 1 aliphatic rings. The molecule has 1 fully saturated rings. The second kappa shape index (κ2) is 13.7. The van der Waals surface area contributed by atoms with Gasteiger partial charge in [0, 0.05) is 43.7 Å². The second-order valence-corrected chi connectivity index (χ2v) is 9.34. The van der Waals surface area contributed by atoms with E-state index in [0.717, 1.165) is 0 Å². The summed E-state index contributed by atoms with van der Waals surface area (Å²) in [6.45, 7) is 2.24. The van der Waals surface area contributed by atoms with Gasteiger partial charge in [-0.3, -0.25) is 9.59 Å². The molecule has 1 saturated heterocycles. The van der Waals surface area contributed by atoms with Crippen molar-refractivity contribution < 1.29 is 46.2 Å². The molecule has 43 heavy (non-hydrogen) atoms. The summed E-state index contributed by atoms with van der Waals surface area (Å²) >= 11 is 5.79. The van der Waals surface area contributed by atoms with Gasteiger partial charge in [0.1, 0.15) is 24.0 Å². The van der Waals surface area contributed by atoms with E-state index in [2.05, 4.69) is 20.4 Å². The van der Waals surface area contributed by atoms with Gasteiger partial charge >= 0.3 is 12.1 Å². The van der Waals surface area contributed by atoms with Crippen molar-refractivity contribution in [1.29, 1.82) is 0 Å². The lowest BCUT2D eigenvalue weighted by molar-refractivity contribution is -0.189. The fraction of sp³-hybridized carbons (Fsp3) is 0.259. The zero-order chi connectivity index (χ0) is 31.1. The normalized spacial score (nSPS) is 13.3. The van der Waals surface area contributed by atoms with E-state index in [1.54, 1.807) is 12.1 Å². The monoisotopic (exact) mass is 625 g/mol. The smallest absolute Gasteiger partial charge is 0.491 e. The summed E-state index contributed by atoms with van der Waals surface area (Å²) in [4.78, 5) is 44.2. The molecule has 0 saturated carbocycles. The number of pyridine rings is 1. The molecule has 0 atom stereocenters. The van der Waals surface area contributed by atoms with Gasteiger partial charge in [0.15, 0.2) is 5.75 Å².